The standard InChI is InChI=1S/C25H36IO4.C23H32IO4.C7H8O3S.F6P/c1-5-6-7-8-9-10-11-12-17-30-21-15-13-20(14-16-21)26-25-23(28-3)18-22(27-2)19-24(25)29-4;1-5-6-7-8-9-10-15-28-19-13-11-18(12-14-19)24-23-21(26-3)16-20(25-2)17-22(23)27-4;1-6-2-4-7(5-3-6)11(8,9)10;1-7(2,3,4,5)6/h13-16,18-19H,5-12,17H2,1-4H3;11-14,16-17H,5-10,15H2,1-4H3;2-5H,1H3,(H,8,9,10);/q2*-1;;-1. The van der Waals surface area contributed by atoms with Crippen molar-refractivity contribution in [1.82, 2.24) is 0 Å². The van der Waals surface area contributed by atoms with E-state index in [9.17, 15) is 33.6 Å². The van der Waals surface area contributed by atoms with Crippen molar-refractivity contribution in [2.75, 3.05) is 55.9 Å². The molecular formula is C55H76F6I2O11PS-3. The molecule has 0 aliphatic carbocycles. The molecule has 432 valence electrons. The predicted octanol–water partition coefficient (Wildman–Crippen LogP) is 10.6. The van der Waals surface area contributed by atoms with Gasteiger partial charge in [0, 0.05) is 0 Å². The van der Waals surface area contributed by atoms with Crippen molar-refractivity contribution in [3.05, 3.63) is 117 Å². The summed E-state index contributed by atoms with van der Waals surface area (Å²) < 4.78 is 138. The molecule has 0 saturated heterocycles. The van der Waals surface area contributed by atoms with Gasteiger partial charge in [-0.3, -0.25) is 4.55 Å². The average Bonchev–Trinajstić information content (AvgIpc) is 3.38. The zero-order valence-electron chi connectivity index (χ0n) is 45.0. The molecule has 0 aliphatic heterocycles. The second-order valence-corrected chi connectivity index (χ2v) is 26.0. The molecule has 5 rings (SSSR count). The number of rotatable bonds is 29. The Bertz CT molecular complexity index is 2470. The molecule has 0 saturated carbocycles. The zero-order valence-corrected chi connectivity index (χ0v) is 51.0. The van der Waals surface area contributed by atoms with Crippen molar-refractivity contribution < 1.29 is 118 Å². The summed E-state index contributed by atoms with van der Waals surface area (Å²) >= 11 is -0.894. The molecule has 0 aromatic heterocycles. The molecule has 0 radical (unpaired) electrons. The van der Waals surface area contributed by atoms with Crippen molar-refractivity contribution in [1.29, 1.82) is 0 Å². The summed E-state index contributed by atoms with van der Waals surface area (Å²) in [5.74, 6) is 6.61. The Morgan fingerprint density at radius 3 is 0.987 bits per heavy atom. The maximum atomic E-state index is 10.5. The summed E-state index contributed by atoms with van der Waals surface area (Å²) in [6.07, 6.45) is 18.2. The minimum atomic E-state index is -10.7. The molecule has 5 aromatic rings. The first-order valence-electron chi connectivity index (χ1n) is 24.8. The van der Waals surface area contributed by atoms with Gasteiger partial charge in [0.05, 0.1) is 4.90 Å². The van der Waals surface area contributed by atoms with Gasteiger partial charge >= 0.3 is 379 Å². The summed E-state index contributed by atoms with van der Waals surface area (Å²) in [6.45, 7) is 7.94. The van der Waals surface area contributed by atoms with Crippen molar-refractivity contribution in [3.8, 4) is 46.0 Å². The number of halogens is 8. The topological polar surface area (TPSA) is 128 Å². The van der Waals surface area contributed by atoms with Crippen LogP contribution in [0.4, 0.5) is 25.2 Å². The summed E-state index contributed by atoms with van der Waals surface area (Å²) in [5.41, 5.74) is 0.956. The molecule has 0 heterocycles. The number of unbranched alkanes of at least 4 members (excludes halogenated alkanes) is 12. The zero-order chi connectivity index (χ0) is 56.7. The first-order valence-corrected chi connectivity index (χ1v) is 32.6. The van der Waals surface area contributed by atoms with Crippen LogP contribution in [0.2, 0.25) is 0 Å². The summed E-state index contributed by atoms with van der Waals surface area (Å²) in [7, 11) is -4.65. The van der Waals surface area contributed by atoms with E-state index in [-0.39, 0.29) is 4.90 Å². The quantitative estimate of drug-likeness (QED) is 0.0162. The molecule has 21 heteroatoms. The Morgan fingerprint density at radius 2 is 0.724 bits per heavy atom. The third-order valence-electron chi connectivity index (χ3n) is 10.7. The van der Waals surface area contributed by atoms with E-state index in [1.807, 2.05) is 31.2 Å². The van der Waals surface area contributed by atoms with Crippen LogP contribution in [0.5, 0.6) is 46.0 Å². The molecule has 0 amide bonds. The van der Waals surface area contributed by atoms with E-state index in [4.69, 9.17) is 42.4 Å². The molecule has 0 fully saturated rings. The molecule has 0 spiro atoms. The molecule has 11 nitrogen and oxygen atoms in total. The van der Waals surface area contributed by atoms with E-state index < -0.39 is 60.3 Å². The molecular weight excluding hydrogens is 1270 g/mol. The Kier molecular flexibility index (Phi) is 30.4. The fraction of sp³-hybridized carbons (Fsp3) is 0.455. The number of hydrogen-bond acceptors (Lipinski definition) is 10. The number of benzene rings is 5. The summed E-state index contributed by atoms with van der Waals surface area (Å²) in [6, 6.07) is 30.5. The van der Waals surface area contributed by atoms with Gasteiger partial charge in [-0.1, -0.05) is 44.4 Å². The molecule has 0 unspecified atom stereocenters. The van der Waals surface area contributed by atoms with Crippen LogP contribution in [0.25, 0.3) is 0 Å². The Morgan fingerprint density at radius 1 is 0.434 bits per heavy atom. The Balaban J connectivity index is 0.000000394. The maximum absolute atomic E-state index is 10.7. The first kappa shape index (κ1) is 68.0. The SMILES string of the molecule is CCCCCCCCCCOc1ccc([I-]c2c(OC)cc(OC)cc2OC)cc1.CCCCCCCCOc1ccc([I-]c2c(OC)cc(OC)cc2OC)cc1.Cc1ccc(S(=O)(=O)O)cc1.F[P-](F)(F)(F)(F)F. The van der Waals surface area contributed by atoms with Crippen molar-refractivity contribution in [2.45, 2.75) is 116 Å². The van der Waals surface area contributed by atoms with Gasteiger partial charge in [0.2, 0.25) is 0 Å². The van der Waals surface area contributed by atoms with E-state index >= 15 is 0 Å². The van der Waals surface area contributed by atoms with Crippen LogP contribution >= 0.6 is 7.81 Å². The first-order chi connectivity index (χ1) is 35.9. The normalized spacial score (nSPS) is 12.0. The Labute approximate surface area is 467 Å². The van der Waals surface area contributed by atoms with Crippen molar-refractivity contribution in [3.63, 3.8) is 0 Å². The molecule has 0 atom stereocenters. The van der Waals surface area contributed by atoms with E-state index in [2.05, 4.69) is 62.4 Å². The van der Waals surface area contributed by atoms with Crippen LogP contribution < -0.4 is 80.3 Å². The van der Waals surface area contributed by atoms with Gasteiger partial charge in [-0.05, 0) is 19.1 Å². The van der Waals surface area contributed by atoms with Gasteiger partial charge in [0.25, 0.3) is 10.1 Å². The van der Waals surface area contributed by atoms with Crippen LogP contribution in [0, 0.1) is 21.2 Å². The van der Waals surface area contributed by atoms with Crippen LogP contribution in [0.1, 0.15) is 109 Å². The van der Waals surface area contributed by atoms with E-state index in [1.54, 1.807) is 54.8 Å². The predicted molar refractivity (Wildman–Crippen MR) is 281 cm³/mol. The number of aryl methyl sites for hydroxylation is 1. The van der Waals surface area contributed by atoms with Crippen molar-refractivity contribution in [2.24, 2.45) is 0 Å². The summed E-state index contributed by atoms with van der Waals surface area (Å²) in [4.78, 5) is -0.0666. The van der Waals surface area contributed by atoms with Gasteiger partial charge < -0.3 is 0 Å². The van der Waals surface area contributed by atoms with Gasteiger partial charge in [-0.2, -0.15) is 8.42 Å². The van der Waals surface area contributed by atoms with Crippen LogP contribution in [-0.4, -0.2) is 68.8 Å². The fourth-order valence-corrected chi connectivity index (χ4v) is 12.5. The average molecular weight is 1340 g/mol. The Hall–Kier alpha value is -4.12. The van der Waals surface area contributed by atoms with Crippen molar-refractivity contribution >= 4 is 17.9 Å². The monoisotopic (exact) mass is 1340 g/mol. The molecule has 0 aliphatic rings. The van der Waals surface area contributed by atoms with Gasteiger partial charge in [0.1, 0.15) is 0 Å². The number of methoxy groups -OCH3 is 6. The third kappa shape index (κ3) is 30.7. The molecule has 1 N–H and O–H groups in total. The van der Waals surface area contributed by atoms with Crippen LogP contribution in [-0.2, 0) is 10.1 Å². The van der Waals surface area contributed by atoms with Gasteiger partial charge in [-0.15, -0.1) is 0 Å². The molecule has 0 bridgehead atoms. The van der Waals surface area contributed by atoms with Gasteiger partial charge in [0.15, 0.2) is 0 Å². The number of ether oxygens (including phenoxy) is 8. The number of hydrogen-bond donors (Lipinski definition) is 1. The minimum absolute atomic E-state index is 0.0666. The fourth-order valence-electron chi connectivity index (χ4n) is 6.73. The third-order valence-corrected chi connectivity index (χ3v) is 17.5. The summed E-state index contributed by atoms with van der Waals surface area (Å²) in [5, 5.41) is 0. The second kappa shape index (κ2) is 34.0. The van der Waals surface area contributed by atoms with E-state index in [1.165, 1.54) is 96.3 Å². The van der Waals surface area contributed by atoms with Crippen LogP contribution in [0.15, 0.2) is 102 Å². The van der Waals surface area contributed by atoms with Crippen LogP contribution in [0.3, 0.4) is 0 Å². The van der Waals surface area contributed by atoms with E-state index in [0.29, 0.717) is 0 Å². The molecule has 76 heavy (non-hydrogen) atoms. The molecule has 5 aromatic carbocycles. The van der Waals surface area contributed by atoms with E-state index in [0.717, 1.165) is 84.8 Å². The second-order valence-electron chi connectivity index (χ2n) is 17.0. The van der Waals surface area contributed by atoms with Gasteiger partial charge in [-0.25, -0.2) is 0 Å².